The molecule has 0 fully saturated rings. The average molecular weight is 618 g/mol. The smallest absolute Gasteiger partial charge is 0.0720 e. The molecule has 1 nitrogen and oxygen atoms in total. The van der Waals surface area contributed by atoms with Crippen molar-refractivity contribution in [3.63, 3.8) is 0 Å². The summed E-state index contributed by atoms with van der Waals surface area (Å²) in [6.45, 7) is 4.57. The summed E-state index contributed by atoms with van der Waals surface area (Å²) in [5, 5.41) is 0. The van der Waals surface area contributed by atoms with Crippen molar-refractivity contribution < 1.29 is 0 Å². The molecule has 7 aromatic rings. The van der Waals surface area contributed by atoms with Crippen LogP contribution in [0.4, 0.5) is 17.1 Å². The summed E-state index contributed by atoms with van der Waals surface area (Å²) in [6, 6.07) is 64.8. The van der Waals surface area contributed by atoms with Gasteiger partial charge in [0.15, 0.2) is 0 Å². The predicted molar refractivity (Wildman–Crippen MR) is 203 cm³/mol. The van der Waals surface area contributed by atoms with Gasteiger partial charge in [0.2, 0.25) is 0 Å². The van der Waals surface area contributed by atoms with Gasteiger partial charge in [-0.2, -0.15) is 0 Å². The van der Waals surface area contributed by atoms with E-state index in [9.17, 15) is 0 Å². The highest BCUT2D eigenvalue weighted by atomic mass is 15.1. The fourth-order valence-corrected chi connectivity index (χ4v) is 8.03. The SMILES string of the molecule is CCc1ccccc1-c1c(CC)ccc2c1C(c1ccccc1)(c1ccccc1)c1cc(N(c3ccccc3)c3ccccc3)ccc1-2. The van der Waals surface area contributed by atoms with E-state index >= 15 is 0 Å². The zero-order valence-corrected chi connectivity index (χ0v) is 27.6. The van der Waals surface area contributed by atoms with E-state index in [0.29, 0.717) is 0 Å². The highest BCUT2D eigenvalue weighted by molar-refractivity contribution is 5.95. The number of hydrogen-bond donors (Lipinski definition) is 0. The number of anilines is 3. The van der Waals surface area contributed by atoms with Crippen LogP contribution < -0.4 is 4.90 Å². The molecule has 232 valence electrons. The van der Waals surface area contributed by atoms with Gasteiger partial charge in [0.25, 0.3) is 0 Å². The van der Waals surface area contributed by atoms with Crippen molar-refractivity contribution in [3.8, 4) is 22.3 Å². The van der Waals surface area contributed by atoms with Crippen LogP contribution in [0.5, 0.6) is 0 Å². The van der Waals surface area contributed by atoms with Crippen LogP contribution in [-0.2, 0) is 18.3 Å². The summed E-state index contributed by atoms with van der Waals surface area (Å²) in [5.41, 5.74) is 16.2. The van der Waals surface area contributed by atoms with Gasteiger partial charge in [0.1, 0.15) is 0 Å². The van der Waals surface area contributed by atoms with E-state index in [2.05, 4.69) is 195 Å². The molecule has 0 N–H and O–H groups in total. The van der Waals surface area contributed by atoms with E-state index in [0.717, 1.165) is 29.9 Å². The highest BCUT2D eigenvalue weighted by Crippen LogP contribution is 2.60. The number of hydrogen-bond acceptors (Lipinski definition) is 1. The second-order valence-corrected chi connectivity index (χ2v) is 12.6. The van der Waals surface area contributed by atoms with Crippen LogP contribution >= 0.6 is 0 Å². The van der Waals surface area contributed by atoms with Crippen molar-refractivity contribution in [2.45, 2.75) is 32.1 Å². The number of nitrogens with zero attached hydrogens (tertiary/aromatic N) is 1. The number of para-hydroxylation sites is 2. The first-order valence-electron chi connectivity index (χ1n) is 17.2. The molecule has 1 aliphatic carbocycles. The average Bonchev–Trinajstić information content (AvgIpc) is 3.46. The molecule has 0 amide bonds. The van der Waals surface area contributed by atoms with E-state index in [4.69, 9.17) is 0 Å². The van der Waals surface area contributed by atoms with E-state index in [-0.39, 0.29) is 0 Å². The lowest BCUT2D eigenvalue weighted by molar-refractivity contribution is 0.768. The minimum absolute atomic E-state index is 0.538. The number of aryl methyl sites for hydroxylation is 2. The third kappa shape index (κ3) is 4.69. The Hall–Kier alpha value is -5.66. The van der Waals surface area contributed by atoms with Crippen molar-refractivity contribution in [2.24, 2.45) is 0 Å². The summed E-state index contributed by atoms with van der Waals surface area (Å²) >= 11 is 0. The van der Waals surface area contributed by atoms with E-state index in [1.807, 2.05) is 0 Å². The Morgan fingerprint density at radius 3 is 1.48 bits per heavy atom. The van der Waals surface area contributed by atoms with Gasteiger partial charge >= 0.3 is 0 Å². The number of fused-ring (bicyclic) bond motifs is 3. The van der Waals surface area contributed by atoms with Crippen LogP contribution in [0.1, 0.15) is 47.2 Å². The Kier molecular flexibility index (Phi) is 7.74. The van der Waals surface area contributed by atoms with Crippen molar-refractivity contribution in [1.82, 2.24) is 0 Å². The summed E-state index contributed by atoms with van der Waals surface area (Å²) in [4.78, 5) is 2.38. The maximum atomic E-state index is 2.47. The molecule has 0 aromatic heterocycles. The molecular weight excluding hydrogens is 579 g/mol. The van der Waals surface area contributed by atoms with E-state index in [1.54, 1.807) is 0 Å². The molecule has 0 saturated heterocycles. The van der Waals surface area contributed by atoms with Gasteiger partial charge in [0, 0.05) is 17.1 Å². The largest absolute Gasteiger partial charge is 0.310 e. The minimum atomic E-state index is -0.538. The van der Waals surface area contributed by atoms with Gasteiger partial charge in [-0.15, -0.1) is 0 Å². The van der Waals surface area contributed by atoms with Gasteiger partial charge in [-0.3, -0.25) is 0 Å². The first-order valence-corrected chi connectivity index (χ1v) is 17.2. The number of rotatable bonds is 8. The Balaban J connectivity index is 1.52. The summed E-state index contributed by atoms with van der Waals surface area (Å²) in [5.74, 6) is 0. The van der Waals surface area contributed by atoms with Crippen molar-refractivity contribution >= 4 is 17.1 Å². The Morgan fingerprint density at radius 2 is 0.917 bits per heavy atom. The van der Waals surface area contributed by atoms with Crippen LogP contribution in [0.3, 0.4) is 0 Å². The molecule has 0 spiro atoms. The van der Waals surface area contributed by atoms with Gasteiger partial charge in [-0.1, -0.05) is 153 Å². The van der Waals surface area contributed by atoms with Crippen molar-refractivity contribution in [1.29, 1.82) is 0 Å². The molecule has 1 aliphatic rings. The molecule has 0 radical (unpaired) electrons. The fraction of sp³-hybridized carbons (Fsp3) is 0.106. The maximum absolute atomic E-state index is 2.47. The van der Waals surface area contributed by atoms with Crippen molar-refractivity contribution in [3.05, 3.63) is 209 Å². The molecule has 48 heavy (non-hydrogen) atoms. The van der Waals surface area contributed by atoms with Crippen LogP contribution in [0.25, 0.3) is 22.3 Å². The summed E-state index contributed by atoms with van der Waals surface area (Å²) < 4.78 is 0. The second kappa shape index (κ2) is 12.5. The van der Waals surface area contributed by atoms with Crippen LogP contribution in [0, 0.1) is 0 Å². The first kappa shape index (κ1) is 29.7. The topological polar surface area (TPSA) is 3.24 Å². The van der Waals surface area contributed by atoms with Crippen molar-refractivity contribution in [2.75, 3.05) is 4.90 Å². The van der Waals surface area contributed by atoms with Gasteiger partial charge < -0.3 is 4.90 Å². The molecular formula is C47H39N. The third-order valence-corrected chi connectivity index (χ3v) is 10.1. The molecule has 0 saturated carbocycles. The molecule has 0 aliphatic heterocycles. The lowest BCUT2D eigenvalue weighted by atomic mass is 9.65. The van der Waals surface area contributed by atoms with E-state index in [1.165, 1.54) is 55.6 Å². The molecule has 8 rings (SSSR count). The zero-order chi connectivity index (χ0) is 32.5. The molecule has 0 heterocycles. The van der Waals surface area contributed by atoms with Crippen LogP contribution in [0.2, 0.25) is 0 Å². The quantitative estimate of drug-likeness (QED) is 0.164. The van der Waals surface area contributed by atoms with Crippen LogP contribution in [0.15, 0.2) is 176 Å². The Bertz CT molecular complexity index is 2110. The van der Waals surface area contributed by atoms with Gasteiger partial charge in [-0.05, 0) is 105 Å². The molecule has 0 atom stereocenters. The zero-order valence-electron chi connectivity index (χ0n) is 27.6. The van der Waals surface area contributed by atoms with E-state index < -0.39 is 5.41 Å². The molecule has 0 bridgehead atoms. The monoisotopic (exact) mass is 617 g/mol. The Morgan fingerprint density at radius 1 is 0.417 bits per heavy atom. The molecule has 1 heteroatoms. The lowest BCUT2D eigenvalue weighted by Gasteiger charge is -2.37. The van der Waals surface area contributed by atoms with Crippen LogP contribution in [-0.4, -0.2) is 0 Å². The second-order valence-electron chi connectivity index (χ2n) is 12.6. The first-order chi connectivity index (χ1) is 23.8. The van der Waals surface area contributed by atoms with Gasteiger partial charge in [0.05, 0.1) is 5.41 Å². The highest BCUT2D eigenvalue weighted by Gasteiger charge is 2.48. The standard InChI is InChI=1S/C47H39N/c1-3-34-19-17-18-28-41(34)45-35(4-2)29-31-43-42-32-30-40(48(38-24-13-7-14-25-38)39-26-15-8-16-27-39)33-44(42)47(46(43)45,36-20-9-5-10-21-36)37-22-11-6-12-23-37/h5-33H,3-4H2,1-2H3. The minimum Gasteiger partial charge on any atom is -0.310 e. The molecule has 7 aromatic carbocycles. The third-order valence-electron chi connectivity index (χ3n) is 10.1. The Labute approximate surface area is 284 Å². The number of benzene rings is 7. The predicted octanol–water partition coefficient (Wildman–Crippen LogP) is 12.3. The fourth-order valence-electron chi connectivity index (χ4n) is 8.03. The maximum Gasteiger partial charge on any atom is 0.0720 e. The lowest BCUT2D eigenvalue weighted by Crippen LogP contribution is -2.30. The normalized spacial score (nSPS) is 12.7. The van der Waals surface area contributed by atoms with Gasteiger partial charge in [-0.25, -0.2) is 0 Å². The summed E-state index contributed by atoms with van der Waals surface area (Å²) in [7, 11) is 0. The summed E-state index contributed by atoms with van der Waals surface area (Å²) in [6.07, 6.45) is 1.94. The molecule has 0 unspecified atom stereocenters.